The van der Waals surface area contributed by atoms with Crippen molar-refractivity contribution in [3.05, 3.63) is 0 Å². The second-order valence-corrected chi connectivity index (χ2v) is 5.47. The molecule has 2 saturated heterocycles. The molecule has 2 aliphatic heterocycles. The second-order valence-electron chi connectivity index (χ2n) is 5.47. The second kappa shape index (κ2) is 5.99. The number of nitrogens with zero attached hydrogens (tertiary/aromatic N) is 2. The molecule has 5 heteroatoms. The van der Waals surface area contributed by atoms with Gasteiger partial charge in [-0.25, -0.2) is 0 Å². The maximum atomic E-state index is 12.2. The monoisotopic (exact) mass is 256 g/mol. The molecule has 0 aliphatic carbocycles. The van der Waals surface area contributed by atoms with Crippen LogP contribution in [0.4, 0.5) is 0 Å². The maximum Gasteiger partial charge on any atom is 0.236 e. The van der Waals surface area contributed by atoms with Crippen molar-refractivity contribution in [2.45, 2.75) is 39.1 Å². The summed E-state index contributed by atoms with van der Waals surface area (Å²) < 4.78 is 11.1. The summed E-state index contributed by atoms with van der Waals surface area (Å²) in [6.07, 6.45) is 0.584. The number of morpholine rings is 2. The summed E-state index contributed by atoms with van der Waals surface area (Å²) in [6, 6.07) is 0. The Morgan fingerprint density at radius 1 is 1.11 bits per heavy atom. The van der Waals surface area contributed by atoms with E-state index in [2.05, 4.69) is 18.7 Å². The highest BCUT2D eigenvalue weighted by Crippen LogP contribution is 2.11. The van der Waals surface area contributed by atoms with Crippen molar-refractivity contribution < 1.29 is 14.3 Å². The summed E-state index contributed by atoms with van der Waals surface area (Å²) in [7, 11) is 0. The highest BCUT2D eigenvalue weighted by atomic mass is 16.5. The van der Waals surface area contributed by atoms with Crippen molar-refractivity contribution >= 4 is 5.91 Å². The predicted octanol–water partition coefficient (Wildman–Crippen LogP) is 0.343. The van der Waals surface area contributed by atoms with E-state index < -0.39 is 0 Å². The molecule has 2 rings (SSSR count). The molecule has 0 radical (unpaired) electrons. The molecule has 3 atom stereocenters. The molecule has 2 heterocycles. The van der Waals surface area contributed by atoms with Crippen LogP contribution in [0.15, 0.2) is 0 Å². The first-order valence-electron chi connectivity index (χ1n) is 6.82. The van der Waals surface area contributed by atoms with Gasteiger partial charge in [0.05, 0.1) is 31.5 Å². The molecular formula is C13H24N2O3. The minimum atomic E-state index is 0.158. The zero-order valence-corrected chi connectivity index (χ0v) is 11.6. The number of hydrogen-bond donors (Lipinski definition) is 0. The molecule has 0 spiro atoms. The van der Waals surface area contributed by atoms with Gasteiger partial charge in [-0.15, -0.1) is 0 Å². The fourth-order valence-electron chi connectivity index (χ4n) is 2.75. The molecule has 0 aromatic carbocycles. The van der Waals surface area contributed by atoms with Crippen LogP contribution in [-0.2, 0) is 14.3 Å². The Morgan fingerprint density at radius 3 is 2.39 bits per heavy atom. The van der Waals surface area contributed by atoms with Gasteiger partial charge < -0.3 is 14.4 Å². The summed E-state index contributed by atoms with van der Waals surface area (Å²) in [6.45, 7) is 10.4. The van der Waals surface area contributed by atoms with Gasteiger partial charge in [-0.05, 0) is 20.8 Å². The lowest BCUT2D eigenvalue weighted by molar-refractivity contribution is -0.142. The average Bonchev–Trinajstić information content (AvgIpc) is 2.27. The molecule has 0 aromatic heterocycles. The zero-order chi connectivity index (χ0) is 13.1. The number of amides is 1. The van der Waals surface area contributed by atoms with Gasteiger partial charge in [0.2, 0.25) is 5.91 Å². The lowest BCUT2D eigenvalue weighted by Crippen LogP contribution is -2.52. The van der Waals surface area contributed by atoms with Gasteiger partial charge >= 0.3 is 0 Å². The van der Waals surface area contributed by atoms with Crippen molar-refractivity contribution in [3.63, 3.8) is 0 Å². The Balaban J connectivity index is 1.83. The summed E-state index contributed by atoms with van der Waals surface area (Å²) in [5, 5.41) is 0. The normalized spacial score (nSPS) is 34.6. The molecule has 0 saturated carbocycles. The highest BCUT2D eigenvalue weighted by Gasteiger charge is 2.27. The van der Waals surface area contributed by atoms with Crippen LogP contribution in [0.5, 0.6) is 0 Å². The Hall–Kier alpha value is -0.650. The van der Waals surface area contributed by atoms with Crippen molar-refractivity contribution in [1.82, 2.24) is 9.80 Å². The number of carbonyl (C=O) groups excluding carboxylic acids is 1. The molecule has 0 bridgehead atoms. The van der Waals surface area contributed by atoms with Crippen LogP contribution in [0, 0.1) is 0 Å². The van der Waals surface area contributed by atoms with E-state index in [1.165, 1.54) is 0 Å². The quantitative estimate of drug-likeness (QED) is 0.714. The van der Waals surface area contributed by atoms with Crippen LogP contribution in [0.25, 0.3) is 0 Å². The zero-order valence-electron chi connectivity index (χ0n) is 11.6. The molecule has 1 amide bonds. The van der Waals surface area contributed by atoms with E-state index in [1.54, 1.807) is 0 Å². The molecular weight excluding hydrogens is 232 g/mol. The van der Waals surface area contributed by atoms with Gasteiger partial charge in [0, 0.05) is 26.2 Å². The standard InChI is InChI=1S/C13H24N2O3/c1-10-8-15(4-5-17-10)13(16)9-14-6-11(2)18-12(3)7-14/h10-12H,4-9H2,1-3H3/t10-,11+,12+/m1/s1. The smallest absolute Gasteiger partial charge is 0.236 e. The molecule has 18 heavy (non-hydrogen) atoms. The number of rotatable bonds is 2. The van der Waals surface area contributed by atoms with Gasteiger partial charge in [0.15, 0.2) is 0 Å². The van der Waals surface area contributed by atoms with Gasteiger partial charge in [-0.1, -0.05) is 0 Å². The molecule has 0 N–H and O–H groups in total. The molecule has 0 unspecified atom stereocenters. The number of carbonyl (C=O) groups is 1. The SMILES string of the molecule is C[C@@H]1CN(C(=O)CN2C[C@H](C)O[C@@H](C)C2)CCO1. The Kier molecular flexibility index (Phi) is 4.59. The maximum absolute atomic E-state index is 12.2. The topological polar surface area (TPSA) is 42.0 Å². The van der Waals surface area contributed by atoms with Crippen molar-refractivity contribution in [2.75, 3.05) is 39.3 Å². The van der Waals surface area contributed by atoms with Gasteiger partial charge in [-0.2, -0.15) is 0 Å². The molecule has 2 aliphatic rings. The van der Waals surface area contributed by atoms with Crippen LogP contribution >= 0.6 is 0 Å². The summed E-state index contributed by atoms with van der Waals surface area (Å²) in [4.78, 5) is 16.3. The van der Waals surface area contributed by atoms with E-state index in [0.717, 1.165) is 19.6 Å². The van der Waals surface area contributed by atoms with Gasteiger partial charge in [0.25, 0.3) is 0 Å². The van der Waals surface area contributed by atoms with Crippen molar-refractivity contribution in [2.24, 2.45) is 0 Å². The Bertz CT molecular complexity index is 288. The fraction of sp³-hybridized carbons (Fsp3) is 0.923. The number of ether oxygens (including phenoxy) is 2. The Labute approximate surface area is 109 Å². The third kappa shape index (κ3) is 3.67. The van der Waals surface area contributed by atoms with Gasteiger partial charge in [-0.3, -0.25) is 9.69 Å². The van der Waals surface area contributed by atoms with E-state index in [0.29, 0.717) is 19.7 Å². The minimum absolute atomic E-state index is 0.158. The molecule has 104 valence electrons. The molecule has 0 aromatic rings. The first kappa shape index (κ1) is 13.8. The lowest BCUT2D eigenvalue weighted by Gasteiger charge is -2.37. The highest BCUT2D eigenvalue weighted by molar-refractivity contribution is 5.78. The minimum Gasteiger partial charge on any atom is -0.375 e. The first-order valence-corrected chi connectivity index (χ1v) is 6.82. The predicted molar refractivity (Wildman–Crippen MR) is 68.4 cm³/mol. The third-order valence-electron chi connectivity index (χ3n) is 3.45. The largest absolute Gasteiger partial charge is 0.375 e. The van der Waals surface area contributed by atoms with E-state index in [9.17, 15) is 4.79 Å². The van der Waals surface area contributed by atoms with E-state index in [1.807, 2.05) is 11.8 Å². The van der Waals surface area contributed by atoms with E-state index >= 15 is 0 Å². The fourth-order valence-corrected chi connectivity index (χ4v) is 2.75. The van der Waals surface area contributed by atoms with Crippen LogP contribution in [-0.4, -0.2) is 73.3 Å². The molecule has 5 nitrogen and oxygen atoms in total. The third-order valence-corrected chi connectivity index (χ3v) is 3.45. The first-order chi connectivity index (χ1) is 8.54. The number of hydrogen-bond acceptors (Lipinski definition) is 4. The van der Waals surface area contributed by atoms with E-state index in [4.69, 9.17) is 9.47 Å². The van der Waals surface area contributed by atoms with Crippen molar-refractivity contribution in [3.8, 4) is 0 Å². The van der Waals surface area contributed by atoms with Crippen molar-refractivity contribution in [1.29, 1.82) is 0 Å². The van der Waals surface area contributed by atoms with E-state index in [-0.39, 0.29) is 24.2 Å². The Morgan fingerprint density at radius 2 is 1.78 bits per heavy atom. The van der Waals surface area contributed by atoms with Crippen LogP contribution in [0.3, 0.4) is 0 Å². The van der Waals surface area contributed by atoms with Gasteiger partial charge in [0.1, 0.15) is 0 Å². The molecule has 2 fully saturated rings. The van der Waals surface area contributed by atoms with Crippen LogP contribution in [0.2, 0.25) is 0 Å². The lowest BCUT2D eigenvalue weighted by atomic mass is 10.2. The summed E-state index contributed by atoms with van der Waals surface area (Å²) in [5.41, 5.74) is 0. The summed E-state index contributed by atoms with van der Waals surface area (Å²) in [5.74, 6) is 0.214. The van der Waals surface area contributed by atoms with Crippen LogP contribution in [0.1, 0.15) is 20.8 Å². The average molecular weight is 256 g/mol. The summed E-state index contributed by atoms with van der Waals surface area (Å²) >= 11 is 0. The van der Waals surface area contributed by atoms with Crippen LogP contribution < -0.4 is 0 Å².